The zero-order chi connectivity index (χ0) is 21.1. The van der Waals surface area contributed by atoms with E-state index in [0.717, 1.165) is 0 Å². The van der Waals surface area contributed by atoms with E-state index in [1.54, 1.807) is 32.9 Å². The van der Waals surface area contributed by atoms with Gasteiger partial charge in [-0.1, -0.05) is 0 Å². The Morgan fingerprint density at radius 1 is 1.24 bits per heavy atom. The summed E-state index contributed by atoms with van der Waals surface area (Å²) in [6, 6.07) is 8.97. The molecular formula is C21H19NO7. The van der Waals surface area contributed by atoms with Crippen molar-refractivity contribution in [3.05, 3.63) is 69.0 Å². The Morgan fingerprint density at radius 3 is 2.55 bits per heavy atom. The van der Waals surface area contributed by atoms with Crippen LogP contribution in [0.4, 0.5) is 5.69 Å². The summed E-state index contributed by atoms with van der Waals surface area (Å²) in [6.45, 7) is 4.98. The number of aryl methyl sites for hydroxylation is 1. The first-order valence-electron chi connectivity index (χ1n) is 8.90. The number of hydrogen-bond donors (Lipinski definition) is 0. The van der Waals surface area contributed by atoms with Gasteiger partial charge in [0.05, 0.1) is 16.6 Å². The fraction of sp³-hybridized carbons (Fsp3) is 0.238. The average molecular weight is 397 g/mol. The first-order valence-corrected chi connectivity index (χ1v) is 8.90. The van der Waals surface area contributed by atoms with Gasteiger partial charge in [0.25, 0.3) is 5.69 Å². The number of hydrogen-bond acceptors (Lipinski definition) is 7. The van der Waals surface area contributed by atoms with Crippen LogP contribution in [-0.4, -0.2) is 29.4 Å². The van der Waals surface area contributed by atoms with E-state index in [1.165, 1.54) is 30.3 Å². The number of ether oxygens (including phenoxy) is 3. The number of nitro groups is 1. The second-order valence-electron chi connectivity index (χ2n) is 6.73. The molecule has 0 aliphatic carbocycles. The molecule has 0 aromatic heterocycles. The molecule has 0 spiro atoms. The quantitative estimate of drug-likeness (QED) is 0.315. The summed E-state index contributed by atoms with van der Waals surface area (Å²) < 4.78 is 16.1. The van der Waals surface area contributed by atoms with Crippen molar-refractivity contribution in [2.45, 2.75) is 26.9 Å². The number of esters is 1. The third kappa shape index (κ3) is 4.60. The van der Waals surface area contributed by atoms with Crippen molar-refractivity contribution in [1.29, 1.82) is 0 Å². The van der Waals surface area contributed by atoms with Crippen LogP contribution >= 0.6 is 0 Å². The number of ketones is 1. The summed E-state index contributed by atoms with van der Waals surface area (Å²) >= 11 is 0. The van der Waals surface area contributed by atoms with Crippen molar-refractivity contribution in [1.82, 2.24) is 0 Å². The first-order chi connectivity index (χ1) is 13.7. The van der Waals surface area contributed by atoms with Crippen LogP contribution in [0.2, 0.25) is 0 Å². The lowest BCUT2D eigenvalue weighted by Gasteiger charge is -2.10. The van der Waals surface area contributed by atoms with Crippen LogP contribution < -0.4 is 9.47 Å². The van der Waals surface area contributed by atoms with Crippen LogP contribution in [-0.2, 0) is 9.53 Å². The number of fused-ring (bicyclic) bond motifs is 1. The molecule has 0 saturated carbocycles. The molecule has 0 radical (unpaired) electrons. The van der Waals surface area contributed by atoms with Crippen molar-refractivity contribution in [2.24, 2.45) is 0 Å². The zero-order valence-electron chi connectivity index (χ0n) is 16.1. The van der Waals surface area contributed by atoms with Crippen LogP contribution in [0, 0.1) is 17.0 Å². The summed E-state index contributed by atoms with van der Waals surface area (Å²) in [4.78, 5) is 34.6. The maximum Gasteiger partial charge on any atom is 0.344 e. The predicted octanol–water partition coefficient (Wildman–Crippen LogP) is 3.85. The Bertz CT molecular complexity index is 1010. The van der Waals surface area contributed by atoms with Gasteiger partial charge in [0, 0.05) is 18.2 Å². The normalized spacial score (nSPS) is 13.9. The lowest BCUT2D eigenvalue weighted by molar-refractivity contribution is -0.384. The van der Waals surface area contributed by atoms with Crippen LogP contribution in [0.15, 0.2) is 42.2 Å². The minimum atomic E-state index is -0.494. The molecule has 3 rings (SSSR count). The lowest BCUT2D eigenvalue weighted by atomic mass is 10.0. The van der Waals surface area contributed by atoms with E-state index in [0.29, 0.717) is 28.2 Å². The Morgan fingerprint density at radius 2 is 1.93 bits per heavy atom. The first kappa shape index (κ1) is 20.1. The fourth-order valence-electron chi connectivity index (χ4n) is 2.84. The second-order valence-corrected chi connectivity index (χ2v) is 6.73. The van der Waals surface area contributed by atoms with Crippen molar-refractivity contribution < 1.29 is 28.7 Å². The van der Waals surface area contributed by atoms with E-state index >= 15 is 0 Å². The molecule has 2 aromatic rings. The fourth-order valence-corrected chi connectivity index (χ4v) is 2.84. The highest BCUT2D eigenvalue weighted by molar-refractivity contribution is 6.15. The molecule has 0 unspecified atom stereocenters. The van der Waals surface area contributed by atoms with E-state index in [-0.39, 0.29) is 29.9 Å². The molecule has 2 aromatic carbocycles. The van der Waals surface area contributed by atoms with Crippen molar-refractivity contribution in [3.63, 3.8) is 0 Å². The Hall–Kier alpha value is -3.68. The predicted molar refractivity (Wildman–Crippen MR) is 104 cm³/mol. The Balaban J connectivity index is 1.78. The molecule has 0 bridgehead atoms. The zero-order valence-corrected chi connectivity index (χ0v) is 16.1. The third-order valence-corrected chi connectivity index (χ3v) is 4.07. The summed E-state index contributed by atoms with van der Waals surface area (Å²) in [5.41, 5.74) is 1.61. The number of benzene rings is 2. The standard InChI is InChI=1S/C21H19NO7/c1-12(2)28-19(23)11-27-16-8-13(3)20-17(10-16)29-18(21(20)24)9-14-4-6-15(7-5-14)22(25)26/h4-10,12H,11H2,1-3H3/b18-9-. The Kier molecular flexibility index (Phi) is 5.63. The molecule has 1 aliphatic heterocycles. The number of carbonyl (C=O) groups excluding carboxylic acids is 2. The molecule has 0 atom stereocenters. The number of non-ortho nitro benzene ring substituents is 1. The highest BCUT2D eigenvalue weighted by Crippen LogP contribution is 2.37. The van der Waals surface area contributed by atoms with Crippen LogP contribution in [0.1, 0.15) is 35.3 Å². The maximum absolute atomic E-state index is 12.7. The Labute approximate surface area is 166 Å². The number of nitro benzene ring substituents is 1. The number of Topliss-reactive ketones (excluding diaryl/α,β-unsaturated/α-hetero) is 1. The van der Waals surface area contributed by atoms with Gasteiger partial charge in [0.1, 0.15) is 11.5 Å². The summed E-state index contributed by atoms with van der Waals surface area (Å²) in [5, 5.41) is 10.7. The van der Waals surface area contributed by atoms with Crippen molar-refractivity contribution >= 4 is 23.5 Å². The van der Waals surface area contributed by atoms with E-state index in [9.17, 15) is 19.7 Å². The van der Waals surface area contributed by atoms with Crippen LogP contribution in [0.3, 0.4) is 0 Å². The summed E-state index contributed by atoms with van der Waals surface area (Å²) in [5.74, 6) is 0.0329. The molecule has 1 heterocycles. The van der Waals surface area contributed by atoms with Gasteiger partial charge in [-0.15, -0.1) is 0 Å². The average Bonchev–Trinajstić information content (AvgIpc) is 2.96. The van der Waals surface area contributed by atoms with E-state index in [1.807, 2.05) is 0 Å². The molecule has 0 N–H and O–H groups in total. The highest BCUT2D eigenvalue weighted by Gasteiger charge is 2.30. The third-order valence-electron chi connectivity index (χ3n) is 4.07. The van der Waals surface area contributed by atoms with Gasteiger partial charge < -0.3 is 14.2 Å². The molecule has 1 aliphatic rings. The van der Waals surface area contributed by atoms with Crippen LogP contribution in [0.25, 0.3) is 6.08 Å². The van der Waals surface area contributed by atoms with Gasteiger partial charge in [-0.05, 0) is 56.2 Å². The second kappa shape index (κ2) is 8.14. The SMILES string of the molecule is Cc1cc(OCC(=O)OC(C)C)cc2c1C(=O)/C(=C/c1ccc([N+](=O)[O-])cc1)O2. The molecule has 150 valence electrons. The minimum absolute atomic E-state index is 0.0391. The van der Waals surface area contributed by atoms with Gasteiger partial charge in [0.2, 0.25) is 5.78 Å². The topological polar surface area (TPSA) is 105 Å². The monoisotopic (exact) mass is 397 g/mol. The lowest BCUT2D eigenvalue weighted by Crippen LogP contribution is -2.18. The molecule has 8 nitrogen and oxygen atoms in total. The van der Waals surface area contributed by atoms with Gasteiger partial charge in [-0.3, -0.25) is 14.9 Å². The van der Waals surface area contributed by atoms with Gasteiger partial charge >= 0.3 is 5.97 Å². The van der Waals surface area contributed by atoms with Crippen LogP contribution in [0.5, 0.6) is 11.5 Å². The molecule has 0 saturated heterocycles. The van der Waals surface area contributed by atoms with E-state index < -0.39 is 10.9 Å². The van der Waals surface area contributed by atoms with Gasteiger partial charge in [0.15, 0.2) is 12.4 Å². The van der Waals surface area contributed by atoms with Gasteiger partial charge in [-0.2, -0.15) is 0 Å². The number of allylic oxidation sites excluding steroid dienone is 1. The van der Waals surface area contributed by atoms with Crippen molar-refractivity contribution in [2.75, 3.05) is 6.61 Å². The summed E-state index contributed by atoms with van der Waals surface area (Å²) in [6.07, 6.45) is 1.28. The molecule has 29 heavy (non-hydrogen) atoms. The molecular weight excluding hydrogens is 378 g/mol. The van der Waals surface area contributed by atoms with E-state index in [4.69, 9.17) is 14.2 Å². The number of nitrogens with zero attached hydrogens (tertiary/aromatic N) is 1. The number of carbonyl (C=O) groups is 2. The minimum Gasteiger partial charge on any atom is -0.482 e. The smallest absolute Gasteiger partial charge is 0.344 e. The van der Waals surface area contributed by atoms with Crippen molar-refractivity contribution in [3.8, 4) is 11.5 Å². The number of rotatable bonds is 6. The largest absolute Gasteiger partial charge is 0.482 e. The molecule has 8 heteroatoms. The summed E-state index contributed by atoms with van der Waals surface area (Å²) in [7, 11) is 0. The molecule has 0 fully saturated rings. The van der Waals surface area contributed by atoms with E-state index in [2.05, 4.69) is 0 Å². The highest BCUT2D eigenvalue weighted by atomic mass is 16.6. The maximum atomic E-state index is 12.7. The van der Waals surface area contributed by atoms with Gasteiger partial charge in [-0.25, -0.2) is 4.79 Å². The molecule has 0 amide bonds.